The predicted octanol–water partition coefficient (Wildman–Crippen LogP) is 3.17. The molecule has 2 nitrogen and oxygen atoms in total. The van der Waals surface area contributed by atoms with Gasteiger partial charge in [-0.05, 0) is 43.5 Å². The number of nitrogens with one attached hydrogen (secondary N) is 1. The Bertz CT molecular complexity index is 632. The molecule has 94 valence electrons. The Morgan fingerprint density at radius 3 is 2.67 bits per heavy atom. The van der Waals surface area contributed by atoms with Crippen LogP contribution in [0.4, 0.5) is 0 Å². The van der Waals surface area contributed by atoms with Crippen molar-refractivity contribution in [2.45, 2.75) is 20.3 Å². The molecule has 2 aromatic rings. The van der Waals surface area contributed by atoms with Crippen molar-refractivity contribution in [3.8, 4) is 0 Å². The summed E-state index contributed by atoms with van der Waals surface area (Å²) in [6, 6.07) is 4.46. The molecule has 0 bridgehead atoms. The molecule has 1 N–H and O–H groups in total. The van der Waals surface area contributed by atoms with Gasteiger partial charge < -0.3 is 9.88 Å². The van der Waals surface area contributed by atoms with Crippen LogP contribution in [0.15, 0.2) is 24.4 Å². The van der Waals surface area contributed by atoms with Gasteiger partial charge in [-0.1, -0.05) is 18.2 Å². The maximum atomic E-state index is 3.38. The standard InChI is InChI=1S/C16H20N2/c1-11-4-5-12(2)16-15(11)14(10-18(16)3)13-6-8-17-9-7-13/h4-6,10,17H,7-9H2,1-3H3. The number of fused-ring (bicyclic) bond motifs is 1. The highest BCUT2D eigenvalue weighted by Gasteiger charge is 2.15. The van der Waals surface area contributed by atoms with Gasteiger partial charge in [0.15, 0.2) is 0 Å². The van der Waals surface area contributed by atoms with Crippen LogP contribution in [0.25, 0.3) is 16.5 Å². The van der Waals surface area contributed by atoms with Gasteiger partial charge in [0.1, 0.15) is 0 Å². The molecule has 3 rings (SSSR count). The zero-order valence-corrected chi connectivity index (χ0v) is 11.4. The molecular formula is C16H20N2. The van der Waals surface area contributed by atoms with E-state index in [1.165, 1.54) is 33.2 Å². The first kappa shape index (κ1) is 11.5. The number of hydrogen-bond acceptors (Lipinski definition) is 1. The number of aromatic nitrogens is 1. The van der Waals surface area contributed by atoms with Gasteiger partial charge in [-0.2, -0.15) is 0 Å². The van der Waals surface area contributed by atoms with Gasteiger partial charge in [0, 0.05) is 30.7 Å². The van der Waals surface area contributed by atoms with Crippen molar-refractivity contribution in [2.24, 2.45) is 7.05 Å². The maximum absolute atomic E-state index is 3.38. The number of rotatable bonds is 1. The summed E-state index contributed by atoms with van der Waals surface area (Å²) in [7, 11) is 2.15. The van der Waals surface area contributed by atoms with Crippen LogP contribution in [-0.2, 0) is 7.05 Å². The second-order valence-electron chi connectivity index (χ2n) is 5.26. The topological polar surface area (TPSA) is 17.0 Å². The lowest BCUT2D eigenvalue weighted by molar-refractivity contribution is 0.738. The minimum absolute atomic E-state index is 0.997. The first-order valence-electron chi connectivity index (χ1n) is 6.64. The molecule has 0 saturated carbocycles. The highest BCUT2D eigenvalue weighted by atomic mass is 14.9. The fraction of sp³-hybridized carbons (Fsp3) is 0.375. The second-order valence-corrected chi connectivity index (χ2v) is 5.26. The average molecular weight is 240 g/mol. The Kier molecular flexibility index (Phi) is 2.75. The van der Waals surface area contributed by atoms with E-state index < -0.39 is 0 Å². The van der Waals surface area contributed by atoms with Crippen molar-refractivity contribution < 1.29 is 0 Å². The van der Waals surface area contributed by atoms with E-state index in [1.54, 1.807) is 0 Å². The van der Waals surface area contributed by atoms with Crippen LogP contribution in [0.2, 0.25) is 0 Å². The van der Waals surface area contributed by atoms with Crippen LogP contribution in [-0.4, -0.2) is 17.7 Å². The van der Waals surface area contributed by atoms with Gasteiger partial charge in [-0.3, -0.25) is 0 Å². The van der Waals surface area contributed by atoms with Gasteiger partial charge in [0.05, 0.1) is 5.52 Å². The molecule has 0 spiro atoms. The molecule has 0 aliphatic carbocycles. The molecular weight excluding hydrogens is 220 g/mol. The predicted molar refractivity (Wildman–Crippen MR) is 77.9 cm³/mol. The third kappa shape index (κ3) is 1.68. The Labute approximate surface area is 108 Å². The third-order valence-corrected chi connectivity index (χ3v) is 3.94. The summed E-state index contributed by atoms with van der Waals surface area (Å²) in [6.45, 7) is 6.50. The van der Waals surface area contributed by atoms with Crippen molar-refractivity contribution in [3.63, 3.8) is 0 Å². The summed E-state index contributed by atoms with van der Waals surface area (Å²) in [5.41, 5.74) is 7.04. The van der Waals surface area contributed by atoms with Crippen LogP contribution < -0.4 is 5.32 Å². The zero-order valence-electron chi connectivity index (χ0n) is 11.4. The van der Waals surface area contributed by atoms with Gasteiger partial charge in [0.25, 0.3) is 0 Å². The third-order valence-electron chi connectivity index (χ3n) is 3.94. The molecule has 2 heterocycles. The molecule has 1 aliphatic rings. The van der Waals surface area contributed by atoms with Crippen LogP contribution in [0.5, 0.6) is 0 Å². The summed E-state index contributed by atoms with van der Waals surface area (Å²) >= 11 is 0. The van der Waals surface area contributed by atoms with E-state index in [9.17, 15) is 0 Å². The van der Waals surface area contributed by atoms with Gasteiger partial charge in [0.2, 0.25) is 0 Å². The average Bonchev–Trinajstić information content (AvgIpc) is 2.74. The Morgan fingerprint density at radius 1 is 1.17 bits per heavy atom. The summed E-state index contributed by atoms with van der Waals surface area (Å²) in [6.07, 6.45) is 5.76. The zero-order chi connectivity index (χ0) is 12.7. The molecule has 0 fully saturated rings. The number of hydrogen-bond donors (Lipinski definition) is 1. The van der Waals surface area contributed by atoms with Gasteiger partial charge in [-0.15, -0.1) is 0 Å². The Hall–Kier alpha value is -1.54. The molecule has 1 aromatic heterocycles. The fourth-order valence-electron chi connectivity index (χ4n) is 3.02. The molecule has 0 unspecified atom stereocenters. The highest BCUT2D eigenvalue weighted by Crippen LogP contribution is 2.33. The molecule has 0 radical (unpaired) electrons. The van der Waals surface area contributed by atoms with E-state index in [4.69, 9.17) is 0 Å². The fourth-order valence-corrected chi connectivity index (χ4v) is 3.02. The van der Waals surface area contributed by atoms with Crippen LogP contribution in [0.1, 0.15) is 23.1 Å². The molecule has 1 aromatic carbocycles. The SMILES string of the molecule is Cc1ccc(C)c2c1c(C1=CCNCC1)cn2C. The maximum Gasteiger partial charge on any atom is 0.0516 e. The second kappa shape index (κ2) is 4.29. The van der Waals surface area contributed by atoms with E-state index in [-0.39, 0.29) is 0 Å². The largest absolute Gasteiger partial charge is 0.350 e. The summed E-state index contributed by atoms with van der Waals surface area (Å²) in [5.74, 6) is 0. The summed E-state index contributed by atoms with van der Waals surface area (Å²) < 4.78 is 2.27. The Balaban J connectivity index is 2.30. The first-order valence-corrected chi connectivity index (χ1v) is 6.64. The molecule has 0 amide bonds. The lowest BCUT2D eigenvalue weighted by Gasteiger charge is -2.14. The van der Waals surface area contributed by atoms with Crippen LogP contribution in [0, 0.1) is 13.8 Å². The molecule has 0 saturated heterocycles. The lowest BCUT2D eigenvalue weighted by Crippen LogP contribution is -2.19. The smallest absolute Gasteiger partial charge is 0.0516 e. The van der Waals surface area contributed by atoms with E-state index >= 15 is 0 Å². The lowest BCUT2D eigenvalue weighted by atomic mass is 9.96. The number of aryl methyl sites for hydroxylation is 3. The molecule has 1 aliphatic heterocycles. The van der Waals surface area contributed by atoms with Crippen molar-refractivity contribution in [1.29, 1.82) is 0 Å². The van der Waals surface area contributed by atoms with Crippen molar-refractivity contribution in [1.82, 2.24) is 9.88 Å². The van der Waals surface area contributed by atoms with Crippen LogP contribution in [0.3, 0.4) is 0 Å². The quantitative estimate of drug-likeness (QED) is 0.810. The van der Waals surface area contributed by atoms with Crippen molar-refractivity contribution >= 4 is 16.5 Å². The van der Waals surface area contributed by atoms with E-state index in [0.717, 1.165) is 19.5 Å². The molecule has 18 heavy (non-hydrogen) atoms. The minimum atomic E-state index is 0.997. The normalized spacial score (nSPS) is 16.1. The minimum Gasteiger partial charge on any atom is -0.350 e. The first-order chi connectivity index (χ1) is 8.68. The molecule has 2 heteroatoms. The van der Waals surface area contributed by atoms with E-state index in [1.807, 2.05) is 0 Å². The number of nitrogens with zero attached hydrogens (tertiary/aromatic N) is 1. The highest BCUT2D eigenvalue weighted by molar-refractivity contribution is 5.97. The Morgan fingerprint density at radius 2 is 1.94 bits per heavy atom. The molecule has 0 atom stereocenters. The number of benzene rings is 1. The van der Waals surface area contributed by atoms with Crippen molar-refractivity contribution in [2.75, 3.05) is 13.1 Å². The van der Waals surface area contributed by atoms with Crippen LogP contribution >= 0.6 is 0 Å². The monoisotopic (exact) mass is 240 g/mol. The summed E-state index contributed by atoms with van der Waals surface area (Å²) in [4.78, 5) is 0. The van der Waals surface area contributed by atoms with Crippen molar-refractivity contribution in [3.05, 3.63) is 41.1 Å². The summed E-state index contributed by atoms with van der Waals surface area (Å²) in [5, 5.41) is 4.82. The van der Waals surface area contributed by atoms with Gasteiger partial charge in [-0.25, -0.2) is 0 Å². The van der Waals surface area contributed by atoms with Gasteiger partial charge >= 0.3 is 0 Å². The van der Waals surface area contributed by atoms with E-state index in [2.05, 4.69) is 55.2 Å². The van der Waals surface area contributed by atoms with E-state index in [0.29, 0.717) is 0 Å².